The number of rotatable bonds is 5. The molecule has 0 radical (unpaired) electrons. The van der Waals surface area contributed by atoms with Crippen molar-refractivity contribution in [3.63, 3.8) is 0 Å². The van der Waals surface area contributed by atoms with Gasteiger partial charge < -0.3 is 19.7 Å². The van der Waals surface area contributed by atoms with E-state index in [0.29, 0.717) is 25.7 Å². The molecule has 2 N–H and O–H groups in total. The number of ether oxygens (including phenoxy) is 2. The third kappa shape index (κ3) is 5.13. The molecule has 5 nitrogen and oxygen atoms in total. The van der Waals surface area contributed by atoms with E-state index < -0.39 is 0 Å². The molecule has 2 heterocycles. The molecule has 1 aromatic rings. The van der Waals surface area contributed by atoms with Crippen LogP contribution in [0.3, 0.4) is 0 Å². The average Bonchev–Trinajstić information content (AvgIpc) is 2.61. The van der Waals surface area contributed by atoms with Crippen LogP contribution >= 0.6 is 0 Å². The van der Waals surface area contributed by atoms with Crippen LogP contribution in [0.25, 0.3) is 0 Å². The van der Waals surface area contributed by atoms with Crippen molar-refractivity contribution in [2.75, 3.05) is 32.8 Å². The van der Waals surface area contributed by atoms with Crippen molar-refractivity contribution in [2.24, 2.45) is 5.92 Å². The third-order valence-electron chi connectivity index (χ3n) is 5.38. The second-order valence-corrected chi connectivity index (χ2v) is 7.89. The number of fused-ring (bicyclic) bond motifs is 1. The van der Waals surface area contributed by atoms with Crippen molar-refractivity contribution in [1.82, 2.24) is 5.32 Å². The van der Waals surface area contributed by atoms with E-state index in [0.717, 1.165) is 30.2 Å². The lowest BCUT2D eigenvalue weighted by Crippen LogP contribution is -3.13. The molecule has 3 rings (SSSR count). The van der Waals surface area contributed by atoms with E-state index in [9.17, 15) is 4.79 Å². The molecule has 144 valence electrons. The Labute approximate surface area is 157 Å². The van der Waals surface area contributed by atoms with E-state index in [1.54, 1.807) is 0 Å². The molecule has 1 saturated heterocycles. The molecule has 5 heteroatoms. The molecular weight excluding hydrogens is 328 g/mol. The predicted octanol–water partition coefficient (Wildman–Crippen LogP) is 2.12. The number of amides is 1. The van der Waals surface area contributed by atoms with Gasteiger partial charge in [0, 0.05) is 0 Å². The number of carbonyl (C=O) groups is 1. The van der Waals surface area contributed by atoms with E-state index in [1.165, 1.54) is 37.0 Å². The molecule has 1 amide bonds. The summed E-state index contributed by atoms with van der Waals surface area (Å²) >= 11 is 0. The first kappa shape index (κ1) is 19.0. The highest BCUT2D eigenvalue weighted by Gasteiger charge is 2.23. The second kappa shape index (κ2) is 9.26. The zero-order valence-corrected chi connectivity index (χ0v) is 16.2. The third-order valence-corrected chi connectivity index (χ3v) is 5.38. The zero-order valence-electron chi connectivity index (χ0n) is 16.2. The largest absolute Gasteiger partial charge is 0.486 e. The molecule has 0 saturated carbocycles. The van der Waals surface area contributed by atoms with E-state index in [-0.39, 0.29) is 11.9 Å². The quantitative estimate of drug-likeness (QED) is 0.845. The summed E-state index contributed by atoms with van der Waals surface area (Å²) in [5.41, 5.74) is 1.08. The maximum absolute atomic E-state index is 12.7. The van der Waals surface area contributed by atoms with Gasteiger partial charge in [-0.15, -0.1) is 0 Å². The van der Waals surface area contributed by atoms with E-state index in [1.807, 2.05) is 18.2 Å². The monoisotopic (exact) mass is 361 g/mol. The number of hydrogen-bond acceptors (Lipinski definition) is 3. The van der Waals surface area contributed by atoms with Crippen LogP contribution in [-0.4, -0.2) is 38.8 Å². The van der Waals surface area contributed by atoms with Gasteiger partial charge in [0.2, 0.25) is 0 Å². The van der Waals surface area contributed by atoms with Crippen LogP contribution in [-0.2, 0) is 4.79 Å². The summed E-state index contributed by atoms with van der Waals surface area (Å²) in [6.45, 7) is 8.26. The fourth-order valence-electron chi connectivity index (χ4n) is 3.92. The smallest absolute Gasteiger partial charge is 0.275 e. The fraction of sp³-hybridized carbons (Fsp3) is 0.667. The summed E-state index contributed by atoms with van der Waals surface area (Å²) in [6.07, 6.45) is 6.42. The zero-order chi connectivity index (χ0) is 18.4. The Morgan fingerprint density at radius 2 is 1.69 bits per heavy atom. The van der Waals surface area contributed by atoms with Crippen LogP contribution in [0.15, 0.2) is 18.2 Å². The minimum atomic E-state index is -0.00696. The van der Waals surface area contributed by atoms with Crippen molar-refractivity contribution < 1.29 is 19.2 Å². The Morgan fingerprint density at radius 1 is 1.04 bits per heavy atom. The molecule has 1 aromatic carbocycles. The molecule has 0 spiro atoms. The molecule has 1 fully saturated rings. The Balaban J connectivity index is 1.63. The van der Waals surface area contributed by atoms with Gasteiger partial charge in [0.15, 0.2) is 18.0 Å². The topological polar surface area (TPSA) is 52.0 Å². The molecule has 0 bridgehead atoms. The molecule has 26 heavy (non-hydrogen) atoms. The van der Waals surface area contributed by atoms with E-state index in [4.69, 9.17) is 9.47 Å². The summed E-state index contributed by atoms with van der Waals surface area (Å²) in [7, 11) is 0. The molecule has 1 atom stereocenters. The number of quaternary nitrogens is 1. The lowest BCUT2D eigenvalue weighted by atomic mass is 9.95. The average molecular weight is 362 g/mol. The van der Waals surface area contributed by atoms with Crippen LogP contribution in [0.1, 0.15) is 57.6 Å². The van der Waals surface area contributed by atoms with Crippen molar-refractivity contribution in [3.05, 3.63) is 23.8 Å². The first-order valence-corrected chi connectivity index (χ1v) is 10.2. The Morgan fingerprint density at radius 3 is 2.38 bits per heavy atom. The molecule has 2 aliphatic heterocycles. The Kier molecular flexibility index (Phi) is 6.78. The summed E-state index contributed by atoms with van der Waals surface area (Å²) in [5, 5.41) is 3.27. The highest BCUT2D eigenvalue weighted by molar-refractivity contribution is 5.77. The first-order valence-electron chi connectivity index (χ1n) is 10.2. The normalized spacial score (nSPS) is 19.5. The van der Waals surface area contributed by atoms with Crippen LogP contribution in [0, 0.1) is 5.92 Å². The van der Waals surface area contributed by atoms with Gasteiger partial charge in [-0.2, -0.15) is 0 Å². The Hall–Kier alpha value is -1.75. The van der Waals surface area contributed by atoms with Crippen molar-refractivity contribution in [1.29, 1.82) is 0 Å². The van der Waals surface area contributed by atoms with Gasteiger partial charge in [0.25, 0.3) is 5.91 Å². The number of hydrogen-bond donors (Lipinski definition) is 2. The first-order chi connectivity index (χ1) is 12.6. The van der Waals surface area contributed by atoms with Crippen molar-refractivity contribution in [2.45, 2.75) is 52.0 Å². The second-order valence-electron chi connectivity index (χ2n) is 7.89. The van der Waals surface area contributed by atoms with Gasteiger partial charge >= 0.3 is 0 Å². The van der Waals surface area contributed by atoms with Gasteiger partial charge in [-0.25, -0.2) is 0 Å². The highest BCUT2D eigenvalue weighted by atomic mass is 16.6. The maximum atomic E-state index is 12.7. The predicted molar refractivity (Wildman–Crippen MR) is 102 cm³/mol. The molecule has 0 aromatic heterocycles. The lowest BCUT2D eigenvalue weighted by molar-refractivity contribution is -0.893. The van der Waals surface area contributed by atoms with Crippen LogP contribution in [0.5, 0.6) is 11.5 Å². The molecule has 0 unspecified atom stereocenters. The summed E-state index contributed by atoms with van der Waals surface area (Å²) < 4.78 is 11.3. The lowest BCUT2D eigenvalue weighted by Gasteiger charge is -2.27. The van der Waals surface area contributed by atoms with Crippen molar-refractivity contribution >= 4 is 5.91 Å². The van der Waals surface area contributed by atoms with Gasteiger partial charge in [-0.3, -0.25) is 4.79 Å². The van der Waals surface area contributed by atoms with Crippen LogP contribution in [0.4, 0.5) is 0 Å². The minimum absolute atomic E-state index is 0.00696. The SMILES string of the molecule is CC(C)[C@H](NC(=O)C[NH+]1CCCCCCC1)c1ccc2c(c1)OCCO2. The fourth-order valence-corrected chi connectivity index (χ4v) is 3.92. The van der Waals surface area contributed by atoms with E-state index in [2.05, 4.69) is 19.2 Å². The molecular formula is C21H33N2O3+. The van der Waals surface area contributed by atoms with Gasteiger partial charge in [-0.1, -0.05) is 26.3 Å². The number of benzene rings is 1. The van der Waals surface area contributed by atoms with E-state index >= 15 is 0 Å². The summed E-state index contributed by atoms with van der Waals surface area (Å²) in [4.78, 5) is 14.1. The van der Waals surface area contributed by atoms with Crippen LogP contribution < -0.4 is 19.7 Å². The van der Waals surface area contributed by atoms with Gasteiger partial charge in [-0.05, 0) is 49.3 Å². The summed E-state index contributed by atoms with van der Waals surface area (Å²) in [6, 6.07) is 6.01. The molecule has 2 aliphatic rings. The standard InChI is InChI=1S/C21H32N2O3/c1-16(2)21(17-8-9-18-19(14-17)26-13-12-25-18)22-20(24)15-23-10-6-4-3-5-7-11-23/h8-9,14,16,21H,3-7,10-13,15H2,1-2H3,(H,22,24)/p+1/t21-/m0/s1. The molecule has 0 aliphatic carbocycles. The maximum Gasteiger partial charge on any atom is 0.275 e. The number of carbonyl (C=O) groups excluding carboxylic acids is 1. The van der Waals surface area contributed by atoms with Gasteiger partial charge in [0.05, 0.1) is 19.1 Å². The number of likely N-dealkylation sites (tertiary alicyclic amines) is 1. The van der Waals surface area contributed by atoms with Crippen LogP contribution in [0.2, 0.25) is 0 Å². The Bertz CT molecular complexity index is 595. The van der Waals surface area contributed by atoms with Crippen molar-refractivity contribution in [3.8, 4) is 11.5 Å². The minimum Gasteiger partial charge on any atom is -0.486 e. The highest BCUT2D eigenvalue weighted by Crippen LogP contribution is 2.34. The summed E-state index contributed by atoms with van der Waals surface area (Å²) in [5.74, 6) is 2.03. The number of nitrogens with one attached hydrogen (secondary N) is 2. The van der Waals surface area contributed by atoms with Gasteiger partial charge in [0.1, 0.15) is 13.2 Å².